The summed E-state index contributed by atoms with van der Waals surface area (Å²) in [5, 5.41) is 15.5. The second-order valence-electron chi connectivity index (χ2n) is 3.75. The second kappa shape index (κ2) is 6.08. The molecule has 1 N–H and O–H groups in total. The molecule has 2 rings (SSSR count). The SMILES string of the molecule is CCn1nnnc1NCc1cc(Cl)cc(Cl)c1OC. The Morgan fingerprint density at radius 1 is 1.37 bits per heavy atom. The van der Waals surface area contributed by atoms with Crippen LogP contribution in [0.25, 0.3) is 0 Å². The van der Waals surface area contributed by atoms with Crippen LogP contribution in [0.3, 0.4) is 0 Å². The summed E-state index contributed by atoms with van der Waals surface area (Å²) in [4.78, 5) is 0. The Balaban J connectivity index is 2.19. The quantitative estimate of drug-likeness (QED) is 0.919. The highest BCUT2D eigenvalue weighted by molar-refractivity contribution is 6.35. The molecule has 0 fully saturated rings. The standard InChI is InChI=1S/C11H13Cl2N5O/c1-3-18-11(15-16-17-18)14-6-7-4-8(12)5-9(13)10(7)19-2/h4-5H,3,6H2,1-2H3,(H,14,15,17). The first-order chi connectivity index (χ1) is 9.15. The summed E-state index contributed by atoms with van der Waals surface area (Å²) in [6.45, 7) is 3.10. The molecule has 1 aromatic carbocycles. The van der Waals surface area contributed by atoms with Gasteiger partial charge >= 0.3 is 0 Å². The molecule has 0 saturated heterocycles. The van der Waals surface area contributed by atoms with Gasteiger partial charge in [0.1, 0.15) is 5.75 Å². The van der Waals surface area contributed by atoms with Crippen LogP contribution in [0.2, 0.25) is 10.0 Å². The Morgan fingerprint density at radius 3 is 2.84 bits per heavy atom. The van der Waals surface area contributed by atoms with Crippen LogP contribution in [0.5, 0.6) is 5.75 Å². The number of benzene rings is 1. The highest BCUT2D eigenvalue weighted by Gasteiger charge is 2.11. The molecule has 102 valence electrons. The molecule has 0 bridgehead atoms. The first kappa shape index (κ1) is 13.9. The highest BCUT2D eigenvalue weighted by Crippen LogP contribution is 2.32. The maximum absolute atomic E-state index is 6.07. The van der Waals surface area contributed by atoms with Crippen LogP contribution >= 0.6 is 23.2 Å². The van der Waals surface area contributed by atoms with E-state index in [0.717, 1.165) is 5.56 Å². The third-order valence-electron chi connectivity index (χ3n) is 2.56. The van der Waals surface area contributed by atoms with E-state index in [1.165, 1.54) is 0 Å². The molecule has 2 aromatic rings. The largest absolute Gasteiger partial charge is 0.495 e. The van der Waals surface area contributed by atoms with E-state index in [1.54, 1.807) is 23.9 Å². The van der Waals surface area contributed by atoms with Crippen LogP contribution in [0.15, 0.2) is 12.1 Å². The predicted molar refractivity (Wildman–Crippen MR) is 73.8 cm³/mol. The summed E-state index contributed by atoms with van der Waals surface area (Å²) >= 11 is 12.1. The summed E-state index contributed by atoms with van der Waals surface area (Å²) in [5.41, 5.74) is 0.839. The number of nitrogens with one attached hydrogen (secondary N) is 1. The smallest absolute Gasteiger partial charge is 0.243 e. The number of ether oxygens (including phenoxy) is 1. The molecular weight excluding hydrogens is 289 g/mol. The molecule has 0 spiro atoms. The average molecular weight is 302 g/mol. The van der Waals surface area contributed by atoms with Crippen molar-refractivity contribution in [2.75, 3.05) is 12.4 Å². The van der Waals surface area contributed by atoms with E-state index >= 15 is 0 Å². The van der Waals surface area contributed by atoms with Crippen LogP contribution in [-0.4, -0.2) is 27.3 Å². The molecule has 0 unspecified atom stereocenters. The number of tetrazole rings is 1. The number of aromatic nitrogens is 4. The van der Waals surface area contributed by atoms with Gasteiger partial charge in [0.2, 0.25) is 5.95 Å². The van der Waals surface area contributed by atoms with Gasteiger partial charge in [-0.15, -0.1) is 0 Å². The number of nitrogens with zero attached hydrogens (tertiary/aromatic N) is 4. The van der Waals surface area contributed by atoms with Gasteiger partial charge in [-0.1, -0.05) is 28.3 Å². The Labute approximate surface area is 120 Å². The van der Waals surface area contributed by atoms with E-state index < -0.39 is 0 Å². The molecule has 0 aliphatic carbocycles. The van der Waals surface area contributed by atoms with Gasteiger partial charge in [0.15, 0.2) is 0 Å². The molecule has 0 atom stereocenters. The maximum atomic E-state index is 6.07. The minimum atomic E-state index is 0.462. The molecule has 0 radical (unpaired) electrons. The second-order valence-corrected chi connectivity index (χ2v) is 4.60. The predicted octanol–water partition coefficient (Wildman–Crippen LogP) is 2.62. The number of hydrogen-bond donors (Lipinski definition) is 1. The number of aryl methyl sites for hydroxylation is 1. The lowest BCUT2D eigenvalue weighted by atomic mass is 10.2. The Hall–Kier alpha value is -1.53. The molecule has 19 heavy (non-hydrogen) atoms. The normalized spacial score (nSPS) is 10.5. The van der Waals surface area contributed by atoms with Crippen LogP contribution < -0.4 is 10.1 Å². The lowest BCUT2D eigenvalue weighted by Crippen LogP contribution is -2.08. The molecule has 8 heteroatoms. The van der Waals surface area contributed by atoms with Crippen molar-refractivity contribution in [2.45, 2.75) is 20.0 Å². The third-order valence-corrected chi connectivity index (χ3v) is 3.06. The first-order valence-electron chi connectivity index (χ1n) is 5.67. The fraction of sp³-hybridized carbons (Fsp3) is 0.364. The third kappa shape index (κ3) is 3.08. The van der Waals surface area contributed by atoms with Crippen molar-refractivity contribution in [1.82, 2.24) is 20.2 Å². The lowest BCUT2D eigenvalue weighted by Gasteiger charge is -2.12. The van der Waals surface area contributed by atoms with Crippen molar-refractivity contribution in [2.24, 2.45) is 0 Å². The number of methoxy groups -OCH3 is 1. The van der Waals surface area contributed by atoms with Gasteiger partial charge in [0, 0.05) is 23.7 Å². The van der Waals surface area contributed by atoms with Gasteiger partial charge in [-0.25, -0.2) is 4.68 Å². The molecule has 0 saturated carbocycles. The van der Waals surface area contributed by atoms with Crippen LogP contribution in [-0.2, 0) is 13.1 Å². The van der Waals surface area contributed by atoms with Gasteiger partial charge in [-0.3, -0.25) is 0 Å². The van der Waals surface area contributed by atoms with Crippen molar-refractivity contribution < 1.29 is 4.74 Å². The number of halogens is 2. The number of hydrogen-bond acceptors (Lipinski definition) is 5. The fourth-order valence-electron chi connectivity index (χ4n) is 1.69. The van der Waals surface area contributed by atoms with Gasteiger partial charge in [-0.2, -0.15) is 0 Å². The van der Waals surface area contributed by atoms with E-state index in [0.29, 0.717) is 34.8 Å². The van der Waals surface area contributed by atoms with Crippen molar-refractivity contribution in [1.29, 1.82) is 0 Å². The average Bonchev–Trinajstić information content (AvgIpc) is 2.83. The first-order valence-corrected chi connectivity index (χ1v) is 6.43. The van der Waals surface area contributed by atoms with Gasteiger partial charge in [0.25, 0.3) is 0 Å². The van der Waals surface area contributed by atoms with E-state index in [4.69, 9.17) is 27.9 Å². The zero-order valence-electron chi connectivity index (χ0n) is 10.5. The summed E-state index contributed by atoms with van der Waals surface area (Å²) in [6.07, 6.45) is 0. The van der Waals surface area contributed by atoms with Crippen molar-refractivity contribution in [3.05, 3.63) is 27.7 Å². The zero-order chi connectivity index (χ0) is 13.8. The maximum Gasteiger partial charge on any atom is 0.243 e. The Kier molecular flexibility index (Phi) is 4.44. The fourth-order valence-corrected chi connectivity index (χ4v) is 2.30. The molecule has 0 aliphatic rings. The van der Waals surface area contributed by atoms with Crippen LogP contribution in [0.1, 0.15) is 12.5 Å². The van der Waals surface area contributed by atoms with E-state index in [2.05, 4.69) is 20.8 Å². The monoisotopic (exact) mass is 301 g/mol. The van der Waals surface area contributed by atoms with Crippen molar-refractivity contribution >= 4 is 29.2 Å². The van der Waals surface area contributed by atoms with Crippen molar-refractivity contribution in [3.8, 4) is 5.75 Å². The topological polar surface area (TPSA) is 64.9 Å². The molecule has 1 heterocycles. The van der Waals surface area contributed by atoms with Crippen molar-refractivity contribution in [3.63, 3.8) is 0 Å². The zero-order valence-corrected chi connectivity index (χ0v) is 12.0. The highest BCUT2D eigenvalue weighted by atomic mass is 35.5. The minimum absolute atomic E-state index is 0.462. The molecule has 1 aromatic heterocycles. The van der Waals surface area contributed by atoms with Gasteiger partial charge in [-0.05, 0) is 29.5 Å². The molecular formula is C11H13Cl2N5O. The summed E-state index contributed by atoms with van der Waals surface area (Å²) < 4.78 is 6.92. The van der Waals surface area contributed by atoms with Crippen LogP contribution in [0, 0.1) is 0 Å². The summed E-state index contributed by atoms with van der Waals surface area (Å²) in [7, 11) is 1.56. The molecule has 0 amide bonds. The van der Waals surface area contributed by atoms with Gasteiger partial charge in [0.05, 0.1) is 12.1 Å². The summed E-state index contributed by atoms with van der Waals surface area (Å²) in [5.74, 6) is 1.18. The number of anilines is 1. The van der Waals surface area contributed by atoms with Gasteiger partial charge < -0.3 is 10.1 Å². The molecule has 0 aliphatic heterocycles. The molecule has 6 nitrogen and oxygen atoms in total. The van der Waals surface area contributed by atoms with E-state index in [9.17, 15) is 0 Å². The minimum Gasteiger partial charge on any atom is -0.495 e. The number of rotatable bonds is 5. The summed E-state index contributed by atoms with van der Waals surface area (Å²) in [6, 6.07) is 3.43. The van der Waals surface area contributed by atoms with Crippen LogP contribution in [0.4, 0.5) is 5.95 Å². The lowest BCUT2D eigenvalue weighted by molar-refractivity contribution is 0.410. The van der Waals surface area contributed by atoms with E-state index in [1.807, 2.05) is 6.92 Å². The van der Waals surface area contributed by atoms with E-state index in [-0.39, 0.29) is 0 Å². The Morgan fingerprint density at radius 2 is 2.16 bits per heavy atom. The Bertz CT molecular complexity index is 572.